The summed E-state index contributed by atoms with van der Waals surface area (Å²) in [5, 5.41) is 11.9. The third kappa shape index (κ3) is 4.50. The van der Waals surface area contributed by atoms with Gasteiger partial charge in [-0.1, -0.05) is 20.8 Å². The van der Waals surface area contributed by atoms with E-state index in [1.807, 2.05) is 25.1 Å². The molecule has 0 amide bonds. The van der Waals surface area contributed by atoms with Crippen LogP contribution >= 0.6 is 23.1 Å². The van der Waals surface area contributed by atoms with E-state index in [9.17, 15) is 5.26 Å². The molecule has 1 aliphatic rings. The highest BCUT2D eigenvalue weighted by molar-refractivity contribution is 7.99. The van der Waals surface area contributed by atoms with E-state index in [4.69, 9.17) is 4.42 Å². The van der Waals surface area contributed by atoms with Gasteiger partial charge in [-0.15, -0.1) is 11.3 Å². The molecule has 0 fully saturated rings. The maximum Gasteiger partial charge on any atom is 0.195 e. The number of aromatic nitrogens is 2. The molecule has 0 unspecified atom stereocenters. The summed E-state index contributed by atoms with van der Waals surface area (Å²) in [4.78, 5) is 14.6. The van der Waals surface area contributed by atoms with Crippen LogP contribution < -0.4 is 0 Å². The van der Waals surface area contributed by atoms with Crippen LogP contribution in [0.2, 0.25) is 0 Å². The second-order valence-electron chi connectivity index (χ2n) is 8.60. The van der Waals surface area contributed by atoms with Gasteiger partial charge in [0.15, 0.2) is 10.2 Å². The largest absolute Gasteiger partial charge is 0.448 e. The zero-order valence-electron chi connectivity index (χ0n) is 17.6. The molecule has 0 saturated carbocycles. The first-order chi connectivity index (χ1) is 14.3. The first-order valence-electron chi connectivity index (χ1n) is 9.99. The van der Waals surface area contributed by atoms with E-state index in [1.165, 1.54) is 22.2 Å². The summed E-state index contributed by atoms with van der Waals surface area (Å²) < 4.78 is 5.84. The van der Waals surface area contributed by atoms with E-state index in [0.717, 1.165) is 35.5 Å². The maximum absolute atomic E-state index is 9.72. The normalized spacial score (nSPS) is 16.6. The zero-order chi connectivity index (χ0) is 21.3. The molecule has 1 atom stereocenters. The van der Waals surface area contributed by atoms with E-state index >= 15 is 0 Å². The minimum absolute atomic E-state index is 0.279. The summed E-state index contributed by atoms with van der Waals surface area (Å²) in [5.41, 5.74) is 3.12. The first-order valence-corrected chi connectivity index (χ1v) is 11.6. The van der Waals surface area contributed by atoms with Crippen LogP contribution in [-0.4, -0.2) is 16.2 Å². The third-order valence-corrected chi connectivity index (χ3v) is 7.42. The molecule has 3 heterocycles. The van der Waals surface area contributed by atoms with Crippen LogP contribution in [0.25, 0.3) is 0 Å². The van der Waals surface area contributed by atoms with Gasteiger partial charge in [0, 0.05) is 16.8 Å². The molecule has 0 bridgehead atoms. The molecule has 3 aromatic heterocycles. The summed E-state index contributed by atoms with van der Waals surface area (Å²) in [5.74, 6) is 1.29. The van der Waals surface area contributed by atoms with Crippen molar-refractivity contribution in [3.8, 4) is 6.07 Å². The van der Waals surface area contributed by atoms with Gasteiger partial charge in [-0.25, -0.2) is 15.0 Å². The van der Waals surface area contributed by atoms with Crippen LogP contribution in [0.1, 0.15) is 54.7 Å². The van der Waals surface area contributed by atoms with E-state index in [-0.39, 0.29) is 5.41 Å². The number of nitrogens with zero attached hydrogens (tertiary/aromatic N) is 4. The molecule has 3 aromatic rings. The van der Waals surface area contributed by atoms with Crippen molar-refractivity contribution in [1.29, 1.82) is 5.26 Å². The van der Waals surface area contributed by atoms with Gasteiger partial charge in [-0.2, -0.15) is 5.26 Å². The fourth-order valence-electron chi connectivity index (χ4n) is 3.66. The first kappa shape index (κ1) is 20.8. The number of hydrogen-bond donors (Lipinski definition) is 0. The van der Waals surface area contributed by atoms with Gasteiger partial charge in [0.05, 0.1) is 11.8 Å². The van der Waals surface area contributed by atoms with Crippen LogP contribution in [-0.2, 0) is 12.8 Å². The fourth-order valence-corrected chi connectivity index (χ4v) is 5.64. The van der Waals surface area contributed by atoms with Crippen molar-refractivity contribution in [2.45, 2.75) is 57.2 Å². The molecule has 0 aromatic carbocycles. The van der Waals surface area contributed by atoms with E-state index in [2.05, 4.69) is 41.8 Å². The molecule has 0 saturated heterocycles. The van der Waals surface area contributed by atoms with Crippen LogP contribution in [0.4, 0.5) is 5.00 Å². The number of aryl methyl sites for hydroxylation is 1. The highest BCUT2D eigenvalue weighted by atomic mass is 32.2. The molecule has 0 N–H and O–H groups in total. The molecule has 4 rings (SSSR count). The standard InChI is InChI=1S/C23H24N4OS2/c1-14-9-10-25-22(27-14)30-20-8-6-16(28-20)13-26-21-18(12-24)17-7-5-15(23(2,3)4)11-19(17)29-21/h6,8-10,13,15H,5,7,11H2,1-4H3/t15-/m0/s1. The van der Waals surface area contributed by atoms with Gasteiger partial charge >= 0.3 is 0 Å². The van der Waals surface area contributed by atoms with Gasteiger partial charge in [-0.05, 0) is 73.0 Å². The molecule has 30 heavy (non-hydrogen) atoms. The second-order valence-corrected chi connectivity index (χ2v) is 10.7. The Hall–Kier alpha value is -2.43. The molecule has 1 aliphatic carbocycles. The van der Waals surface area contributed by atoms with Crippen LogP contribution in [0, 0.1) is 29.6 Å². The van der Waals surface area contributed by atoms with E-state index < -0.39 is 0 Å². The number of thiophene rings is 1. The Kier molecular flexibility index (Phi) is 5.81. The molecule has 154 valence electrons. The molecule has 0 radical (unpaired) electrons. The number of hydrogen-bond acceptors (Lipinski definition) is 7. The molecular weight excluding hydrogens is 412 g/mol. The predicted octanol–water partition coefficient (Wildman–Crippen LogP) is 6.36. The topological polar surface area (TPSA) is 75.1 Å². The number of furan rings is 1. The molecule has 7 heteroatoms. The molecule has 5 nitrogen and oxygen atoms in total. The third-order valence-electron chi connectivity index (χ3n) is 5.46. The number of nitriles is 1. The highest BCUT2D eigenvalue weighted by Crippen LogP contribution is 2.44. The summed E-state index contributed by atoms with van der Waals surface area (Å²) in [6.07, 6.45) is 6.56. The average Bonchev–Trinajstić information content (AvgIpc) is 3.28. The number of fused-ring (bicyclic) bond motifs is 1. The predicted molar refractivity (Wildman–Crippen MR) is 121 cm³/mol. The van der Waals surface area contributed by atoms with Gasteiger partial charge in [0.2, 0.25) is 0 Å². The Labute approximate surface area is 185 Å². The molecular formula is C23H24N4OS2. The smallest absolute Gasteiger partial charge is 0.195 e. The van der Waals surface area contributed by atoms with Gasteiger partial charge in [0.1, 0.15) is 16.8 Å². The fraction of sp³-hybridized carbons (Fsp3) is 0.391. The van der Waals surface area contributed by atoms with E-state index in [0.29, 0.717) is 21.9 Å². The van der Waals surface area contributed by atoms with Gasteiger partial charge in [0.25, 0.3) is 0 Å². The minimum Gasteiger partial charge on any atom is -0.448 e. The summed E-state index contributed by atoms with van der Waals surface area (Å²) in [6, 6.07) is 8.00. The van der Waals surface area contributed by atoms with E-state index in [1.54, 1.807) is 23.7 Å². The Morgan fingerprint density at radius 2 is 2.17 bits per heavy atom. The van der Waals surface area contributed by atoms with Crippen LogP contribution in [0.3, 0.4) is 0 Å². The monoisotopic (exact) mass is 436 g/mol. The lowest BCUT2D eigenvalue weighted by atomic mass is 9.72. The summed E-state index contributed by atoms with van der Waals surface area (Å²) >= 11 is 3.03. The Bertz CT molecular complexity index is 1130. The Morgan fingerprint density at radius 1 is 1.33 bits per heavy atom. The van der Waals surface area contributed by atoms with Crippen molar-refractivity contribution in [3.05, 3.63) is 51.9 Å². The van der Waals surface area contributed by atoms with Crippen molar-refractivity contribution in [2.24, 2.45) is 16.3 Å². The minimum atomic E-state index is 0.279. The SMILES string of the molecule is Cc1ccnc(Sc2ccc(C=Nc3sc4c(c3C#N)CC[C@H](C(C)(C)C)C4)o2)n1. The second kappa shape index (κ2) is 8.37. The Balaban J connectivity index is 1.52. The highest BCUT2D eigenvalue weighted by Gasteiger charge is 2.32. The quantitative estimate of drug-likeness (QED) is 0.351. The maximum atomic E-state index is 9.72. The summed E-state index contributed by atoms with van der Waals surface area (Å²) in [6.45, 7) is 8.83. The van der Waals surface area contributed by atoms with Crippen LogP contribution in [0.15, 0.2) is 44.1 Å². The number of rotatable bonds is 4. The lowest BCUT2D eigenvalue weighted by Crippen LogP contribution is -2.26. The number of aliphatic imine (C=N–C) groups is 1. The lowest BCUT2D eigenvalue weighted by Gasteiger charge is -2.33. The zero-order valence-corrected chi connectivity index (χ0v) is 19.2. The molecule has 0 spiro atoms. The van der Waals surface area contributed by atoms with Crippen molar-refractivity contribution in [2.75, 3.05) is 0 Å². The van der Waals surface area contributed by atoms with Gasteiger partial charge < -0.3 is 4.42 Å². The Morgan fingerprint density at radius 3 is 2.90 bits per heavy atom. The average molecular weight is 437 g/mol. The van der Waals surface area contributed by atoms with Crippen molar-refractivity contribution in [3.63, 3.8) is 0 Å². The van der Waals surface area contributed by atoms with Crippen LogP contribution in [0.5, 0.6) is 0 Å². The summed E-state index contributed by atoms with van der Waals surface area (Å²) in [7, 11) is 0. The van der Waals surface area contributed by atoms with Crippen molar-refractivity contribution in [1.82, 2.24) is 9.97 Å². The molecule has 0 aliphatic heterocycles. The van der Waals surface area contributed by atoms with Crippen molar-refractivity contribution >= 4 is 34.3 Å². The van der Waals surface area contributed by atoms with Gasteiger partial charge in [-0.3, -0.25) is 0 Å². The lowest BCUT2D eigenvalue weighted by molar-refractivity contribution is 0.218. The van der Waals surface area contributed by atoms with Crippen molar-refractivity contribution < 1.29 is 4.42 Å².